The third-order valence-electron chi connectivity index (χ3n) is 3.85. The predicted octanol–water partition coefficient (Wildman–Crippen LogP) is 3.85. The molecule has 0 aliphatic heterocycles. The Morgan fingerprint density at radius 1 is 0.846 bits per heavy atom. The number of hydrogen-bond acceptors (Lipinski definition) is 3. The van der Waals surface area contributed by atoms with Gasteiger partial charge in [0.05, 0.1) is 0 Å². The second-order valence-electron chi connectivity index (χ2n) is 5.64. The quantitative estimate of drug-likeness (QED) is 0.398. The maximum atomic E-state index is 12.7. The molecular formula is C21H14ClNO2Se. The first-order chi connectivity index (χ1) is 12.7. The van der Waals surface area contributed by atoms with Gasteiger partial charge in [0, 0.05) is 0 Å². The molecule has 4 rings (SSSR count). The van der Waals surface area contributed by atoms with Crippen LogP contribution in [-0.4, -0.2) is 15.0 Å². The van der Waals surface area contributed by atoms with Crippen molar-refractivity contribution < 1.29 is 4.42 Å². The number of rotatable bonds is 4. The fourth-order valence-corrected chi connectivity index (χ4v) is 4.64. The molecule has 128 valence electrons. The molecule has 0 bridgehead atoms. The second kappa shape index (κ2) is 7.38. The van der Waals surface area contributed by atoms with E-state index in [0.29, 0.717) is 15.1 Å². The average molecular weight is 427 g/mol. The summed E-state index contributed by atoms with van der Waals surface area (Å²) in [5.41, 5.74) is 2.00. The molecule has 0 fully saturated rings. The fourth-order valence-electron chi connectivity index (χ4n) is 2.64. The molecule has 0 spiro atoms. The molecule has 1 heterocycles. The van der Waals surface area contributed by atoms with E-state index in [2.05, 4.69) is 5.32 Å². The van der Waals surface area contributed by atoms with Crippen molar-refractivity contribution in [3.05, 3.63) is 94.3 Å². The van der Waals surface area contributed by atoms with E-state index in [9.17, 15) is 4.79 Å². The summed E-state index contributed by atoms with van der Waals surface area (Å²) in [6.45, 7) is 0. The first-order valence-corrected chi connectivity index (χ1v) is 10.1. The predicted molar refractivity (Wildman–Crippen MR) is 109 cm³/mol. The van der Waals surface area contributed by atoms with Crippen LogP contribution in [0.1, 0.15) is 0 Å². The Bertz CT molecular complexity index is 1110. The number of fused-ring (bicyclic) bond motifs is 1. The molecule has 4 aromatic rings. The van der Waals surface area contributed by atoms with Crippen molar-refractivity contribution in [3.8, 4) is 0 Å². The van der Waals surface area contributed by atoms with Crippen molar-refractivity contribution >= 4 is 57.8 Å². The van der Waals surface area contributed by atoms with Crippen LogP contribution >= 0.6 is 11.6 Å². The van der Waals surface area contributed by atoms with E-state index in [1.807, 2.05) is 78.9 Å². The van der Waals surface area contributed by atoms with Crippen LogP contribution in [-0.2, 0) is 0 Å². The van der Waals surface area contributed by atoms with Gasteiger partial charge in [-0.1, -0.05) is 0 Å². The number of hydrogen-bond donors (Lipinski definition) is 1. The third kappa shape index (κ3) is 3.54. The van der Waals surface area contributed by atoms with Crippen molar-refractivity contribution in [2.24, 2.45) is 0 Å². The van der Waals surface area contributed by atoms with E-state index in [1.165, 1.54) is 0 Å². The maximum absolute atomic E-state index is 12.7. The van der Waals surface area contributed by atoms with Gasteiger partial charge < -0.3 is 0 Å². The molecule has 0 saturated carbocycles. The van der Waals surface area contributed by atoms with Crippen molar-refractivity contribution in [1.29, 1.82) is 0 Å². The Morgan fingerprint density at radius 3 is 2.31 bits per heavy atom. The first kappa shape index (κ1) is 16.9. The molecule has 5 heteroatoms. The van der Waals surface area contributed by atoms with Gasteiger partial charge in [0.1, 0.15) is 0 Å². The summed E-state index contributed by atoms with van der Waals surface area (Å²) in [6, 6.07) is 25.0. The summed E-state index contributed by atoms with van der Waals surface area (Å²) >= 11 is 5.76. The summed E-state index contributed by atoms with van der Waals surface area (Å²) in [4.78, 5) is 12.7. The molecule has 0 aliphatic carbocycles. The summed E-state index contributed by atoms with van der Waals surface area (Å²) in [6.07, 6.45) is 0. The van der Waals surface area contributed by atoms with Gasteiger partial charge in [0.2, 0.25) is 0 Å². The molecule has 0 aliphatic rings. The minimum absolute atomic E-state index is 0.216. The average Bonchev–Trinajstić information content (AvgIpc) is 2.67. The molecule has 0 unspecified atom stereocenters. The molecule has 0 radical (unpaired) electrons. The molecule has 26 heavy (non-hydrogen) atoms. The van der Waals surface area contributed by atoms with Crippen LogP contribution in [0.4, 0.5) is 11.4 Å². The Hall–Kier alpha value is -2.52. The van der Waals surface area contributed by atoms with E-state index in [1.54, 1.807) is 0 Å². The molecule has 0 amide bonds. The zero-order valence-electron chi connectivity index (χ0n) is 13.6. The first-order valence-electron chi connectivity index (χ1n) is 8.02. The van der Waals surface area contributed by atoms with Crippen molar-refractivity contribution in [1.82, 2.24) is 0 Å². The van der Waals surface area contributed by atoms with Crippen molar-refractivity contribution in [3.63, 3.8) is 0 Å². The Morgan fingerprint density at radius 2 is 1.54 bits per heavy atom. The van der Waals surface area contributed by atoms with Crippen LogP contribution in [0.25, 0.3) is 11.0 Å². The van der Waals surface area contributed by atoms with Gasteiger partial charge in [-0.05, 0) is 0 Å². The van der Waals surface area contributed by atoms with Crippen LogP contribution in [0.15, 0.2) is 88.1 Å². The second-order valence-corrected chi connectivity index (χ2v) is 8.35. The molecule has 3 nitrogen and oxygen atoms in total. The van der Waals surface area contributed by atoms with E-state index in [4.69, 9.17) is 16.0 Å². The van der Waals surface area contributed by atoms with E-state index in [-0.39, 0.29) is 20.6 Å². The van der Waals surface area contributed by atoms with Crippen molar-refractivity contribution in [2.75, 3.05) is 5.32 Å². The van der Waals surface area contributed by atoms with Crippen LogP contribution in [0, 0.1) is 0 Å². The topological polar surface area (TPSA) is 42.2 Å². The third-order valence-corrected chi connectivity index (χ3v) is 6.37. The zero-order valence-corrected chi connectivity index (χ0v) is 16.1. The van der Waals surface area contributed by atoms with Gasteiger partial charge in [-0.2, -0.15) is 0 Å². The molecule has 3 aromatic carbocycles. The fraction of sp³-hybridized carbons (Fsp3) is 0. The van der Waals surface area contributed by atoms with Gasteiger partial charge in [-0.25, -0.2) is 0 Å². The van der Waals surface area contributed by atoms with Gasteiger partial charge in [0.15, 0.2) is 0 Å². The number of nitrogens with one attached hydrogen (secondary N) is 1. The van der Waals surface area contributed by atoms with E-state index in [0.717, 1.165) is 21.2 Å². The van der Waals surface area contributed by atoms with Gasteiger partial charge in [-0.15, -0.1) is 0 Å². The van der Waals surface area contributed by atoms with Crippen LogP contribution in [0.3, 0.4) is 0 Å². The number of benzene rings is 3. The number of anilines is 2. The summed E-state index contributed by atoms with van der Waals surface area (Å²) in [7, 11) is 0. The van der Waals surface area contributed by atoms with Crippen molar-refractivity contribution in [2.45, 2.75) is 0 Å². The zero-order chi connectivity index (χ0) is 17.9. The van der Waals surface area contributed by atoms with Gasteiger partial charge in [0.25, 0.3) is 0 Å². The summed E-state index contributed by atoms with van der Waals surface area (Å²) in [5, 5.41) is 4.99. The normalized spacial score (nSPS) is 10.8. The van der Waals surface area contributed by atoms with Crippen LogP contribution < -0.4 is 19.9 Å². The Kier molecular flexibility index (Phi) is 4.81. The van der Waals surface area contributed by atoms with E-state index >= 15 is 0 Å². The summed E-state index contributed by atoms with van der Waals surface area (Å²) in [5.74, 6) is 0. The monoisotopic (exact) mass is 427 g/mol. The van der Waals surface area contributed by atoms with E-state index < -0.39 is 0 Å². The number of para-hydroxylation sites is 2. The Labute approximate surface area is 161 Å². The standard InChI is InChI=1S/C21H14ClNO2Se/c22-14-10-12-16(13-11-14)26-20-19(23-15-6-2-1-3-7-15)17-8-4-5-9-18(17)25-21(20)24/h1-13,23H. The molecular weight excluding hydrogens is 413 g/mol. The van der Waals surface area contributed by atoms with Gasteiger partial charge >= 0.3 is 162 Å². The molecule has 0 atom stereocenters. The molecule has 1 aromatic heterocycles. The Balaban J connectivity index is 1.87. The van der Waals surface area contributed by atoms with Crippen LogP contribution in [0.2, 0.25) is 5.02 Å². The SMILES string of the molecule is O=c1oc2ccccc2c(Nc2ccccc2)c1[Se]c1ccc(Cl)cc1. The summed E-state index contributed by atoms with van der Waals surface area (Å²) < 4.78 is 7.27. The minimum atomic E-state index is -0.308. The molecule has 1 N–H and O–H groups in total. The number of halogens is 1. The van der Waals surface area contributed by atoms with Gasteiger partial charge in [-0.3, -0.25) is 0 Å². The van der Waals surface area contributed by atoms with Crippen LogP contribution in [0.5, 0.6) is 0 Å². The molecule has 0 saturated heterocycles.